The van der Waals surface area contributed by atoms with E-state index in [-0.39, 0.29) is 11.8 Å². The van der Waals surface area contributed by atoms with Gasteiger partial charge in [-0.2, -0.15) is 0 Å². The molecule has 1 saturated carbocycles. The van der Waals surface area contributed by atoms with Gasteiger partial charge in [-0.3, -0.25) is 14.5 Å². The number of hydrogen-bond acceptors (Lipinski definition) is 2. The lowest BCUT2D eigenvalue weighted by molar-refractivity contribution is -0.137. The van der Waals surface area contributed by atoms with Crippen LogP contribution in [0.1, 0.15) is 44.9 Å². The molecule has 0 unspecified atom stereocenters. The molecule has 0 atom stereocenters. The minimum absolute atomic E-state index is 0.132. The summed E-state index contributed by atoms with van der Waals surface area (Å²) in [7, 11) is 0. The zero-order valence-electron chi connectivity index (χ0n) is 9.65. The predicted octanol–water partition coefficient (Wildman–Crippen LogP) is 2.27. The molecular weight excluding hydrogens is 202 g/mol. The average molecular weight is 221 g/mol. The summed E-state index contributed by atoms with van der Waals surface area (Å²) in [6.07, 6.45) is 11.5. The molecule has 3 heteroatoms. The summed E-state index contributed by atoms with van der Waals surface area (Å²) in [5, 5.41) is 0. The molecule has 0 aromatic carbocycles. The van der Waals surface area contributed by atoms with Gasteiger partial charge in [-0.15, -0.1) is 0 Å². The molecule has 16 heavy (non-hydrogen) atoms. The summed E-state index contributed by atoms with van der Waals surface area (Å²) >= 11 is 0. The lowest BCUT2D eigenvalue weighted by Crippen LogP contribution is -2.35. The van der Waals surface area contributed by atoms with Crippen LogP contribution in [0.5, 0.6) is 0 Å². The summed E-state index contributed by atoms with van der Waals surface area (Å²) in [5.74, 6) is 0.257. The maximum Gasteiger partial charge on any atom is 0.253 e. The fourth-order valence-corrected chi connectivity index (χ4v) is 2.59. The molecule has 0 spiro atoms. The van der Waals surface area contributed by atoms with E-state index in [0.717, 1.165) is 12.8 Å². The Kier molecular flexibility index (Phi) is 3.75. The second kappa shape index (κ2) is 5.28. The molecule has 1 aliphatic heterocycles. The summed E-state index contributed by atoms with van der Waals surface area (Å²) in [6.45, 7) is 0.630. The van der Waals surface area contributed by atoms with Crippen molar-refractivity contribution in [1.29, 1.82) is 0 Å². The molecule has 0 N–H and O–H groups in total. The summed E-state index contributed by atoms with van der Waals surface area (Å²) in [4.78, 5) is 24.3. The fraction of sp³-hybridized carbons (Fsp3) is 0.692. The summed E-state index contributed by atoms with van der Waals surface area (Å²) < 4.78 is 0. The second-order valence-corrected chi connectivity index (χ2v) is 4.83. The molecule has 3 nitrogen and oxygen atoms in total. The minimum atomic E-state index is -0.132. The van der Waals surface area contributed by atoms with Crippen molar-refractivity contribution in [2.75, 3.05) is 6.54 Å². The Bertz CT molecular complexity index is 283. The lowest BCUT2D eigenvalue weighted by Gasteiger charge is -2.24. The van der Waals surface area contributed by atoms with E-state index in [4.69, 9.17) is 0 Å². The molecule has 1 fully saturated rings. The van der Waals surface area contributed by atoms with Crippen LogP contribution < -0.4 is 0 Å². The van der Waals surface area contributed by atoms with E-state index in [1.165, 1.54) is 49.2 Å². The Morgan fingerprint density at radius 1 is 0.938 bits per heavy atom. The first-order valence-corrected chi connectivity index (χ1v) is 6.31. The number of carbonyl (C=O) groups excluding carboxylic acids is 2. The van der Waals surface area contributed by atoms with Crippen LogP contribution in [0.3, 0.4) is 0 Å². The van der Waals surface area contributed by atoms with Crippen molar-refractivity contribution in [3.8, 4) is 0 Å². The van der Waals surface area contributed by atoms with Crippen molar-refractivity contribution in [3.05, 3.63) is 12.2 Å². The van der Waals surface area contributed by atoms with Crippen molar-refractivity contribution < 1.29 is 9.59 Å². The Morgan fingerprint density at radius 3 is 2.00 bits per heavy atom. The first kappa shape index (κ1) is 11.4. The van der Waals surface area contributed by atoms with Gasteiger partial charge in [-0.25, -0.2) is 0 Å². The number of amides is 2. The van der Waals surface area contributed by atoms with Crippen LogP contribution in [-0.2, 0) is 9.59 Å². The van der Waals surface area contributed by atoms with Gasteiger partial charge >= 0.3 is 0 Å². The maximum absolute atomic E-state index is 11.4. The summed E-state index contributed by atoms with van der Waals surface area (Å²) in [6, 6.07) is 0. The van der Waals surface area contributed by atoms with Gasteiger partial charge in [0.1, 0.15) is 0 Å². The Balaban J connectivity index is 1.87. The number of nitrogens with zero attached hydrogens (tertiary/aromatic N) is 1. The van der Waals surface area contributed by atoms with E-state index in [9.17, 15) is 9.59 Å². The number of hydrogen-bond donors (Lipinski definition) is 0. The highest BCUT2D eigenvalue weighted by atomic mass is 16.2. The third-order valence-corrected chi connectivity index (χ3v) is 3.57. The van der Waals surface area contributed by atoms with Gasteiger partial charge in [-0.1, -0.05) is 32.1 Å². The largest absolute Gasteiger partial charge is 0.275 e. The van der Waals surface area contributed by atoms with E-state index >= 15 is 0 Å². The maximum atomic E-state index is 11.4. The van der Waals surface area contributed by atoms with Crippen molar-refractivity contribution in [2.24, 2.45) is 5.92 Å². The molecule has 2 aliphatic rings. The molecule has 0 aromatic heterocycles. The predicted molar refractivity (Wildman–Crippen MR) is 61.7 cm³/mol. The smallest absolute Gasteiger partial charge is 0.253 e. The quantitative estimate of drug-likeness (QED) is 0.671. The molecule has 88 valence electrons. The first-order valence-electron chi connectivity index (χ1n) is 6.31. The molecule has 0 radical (unpaired) electrons. The molecule has 1 aliphatic carbocycles. The van der Waals surface area contributed by atoms with E-state index in [1.54, 1.807) is 0 Å². The van der Waals surface area contributed by atoms with E-state index in [2.05, 4.69) is 0 Å². The van der Waals surface area contributed by atoms with Gasteiger partial charge in [-0.05, 0) is 18.8 Å². The summed E-state index contributed by atoms with van der Waals surface area (Å²) in [5.41, 5.74) is 0. The molecular formula is C13H19NO2. The van der Waals surface area contributed by atoms with E-state index in [1.807, 2.05) is 0 Å². The lowest BCUT2D eigenvalue weighted by atomic mass is 9.91. The number of imide groups is 1. The van der Waals surface area contributed by atoms with Gasteiger partial charge in [0.2, 0.25) is 0 Å². The Morgan fingerprint density at radius 2 is 1.44 bits per heavy atom. The van der Waals surface area contributed by atoms with Crippen LogP contribution >= 0.6 is 0 Å². The van der Waals surface area contributed by atoms with Crippen LogP contribution in [0.4, 0.5) is 0 Å². The van der Waals surface area contributed by atoms with Gasteiger partial charge in [0.15, 0.2) is 0 Å². The van der Waals surface area contributed by atoms with E-state index < -0.39 is 0 Å². The van der Waals surface area contributed by atoms with Crippen molar-refractivity contribution in [3.63, 3.8) is 0 Å². The standard InChI is InChI=1S/C13H19NO2/c15-12-8-9-13(16)14(12)10-11-6-4-2-1-3-5-7-11/h8-9,11H,1-7,10H2. The molecule has 0 bridgehead atoms. The highest BCUT2D eigenvalue weighted by Gasteiger charge is 2.26. The molecule has 2 amide bonds. The van der Waals surface area contributed by atoms with Gasteiger partial charge in [0.05, 0.1) is 0 Å². The zero-order chi connectivity index (χ0) is 11.4. The van der Waals surface area contributed by atoms with Gasteiger partial charge < -0.3 is 0 Å². The SMILES string of the molecule is O=C1C=CC(=O)N1CC1CCCCCCC1. The third kappa shape index (κ3) is 2.71. The highest BCUT2D eigenvalue weighted by Crippen LogP contribution is 2.23. The van der Waals surface area contributed by atoms with Crippen LogP contribution in [-0.4, -0.2) is 23.3 Å². The minimum Gasteiger partial charge on any atom is -0.275 e. The molecule has 0 saturated heterocycles. The normalized spacial score (nSPS) is 23.6. The van der Waals surface area contributed by atoms with Gasteiger partial charge in [0, 0.05) is 18.7 Å². The van der Waals surface area contributed by atoms with Crippen molar-refractivity contribution in [2.45, 2.75) is 44.9 Å². The van der Waals surface area contributed by atoms with Crippen molar-refractivity contribution >= 4 is 11.8 Å². The molecule has 0 aromatic rings. The van der Waals surface area contributed by atoms with Crippen LogP contribution in [0, 0.1) is 5.92 Å². The number of rotatable bonds is 2. The third-order valence-electron chi connectivity index (χ3n) is 3.57. The topological polar surface area (TPSA) is 37.4 Å². The molecule has 2 rings (SSSR count). The van der Waals surface area contributed by atoms with Gasteiger partial charge in [0.25, 0.3) is 11.8 Å². The van der Waals surface area contributed by atoms with Crippen LogP contribution in [0.2, 0.25) is 0 Å². The fourth-order valence-electron chi connectivity index (χ4n) is 2.59. The second-order valence-electron chi connectivity index (χ2n) is 4.83. The van der Waals surface area contributed by atoms with Crippen LogP contribution in [0.15, 0.2) is 12.2 Å². The highest BCUT2D eigenvalue weighted by molar-refractivity contribution is 6.12. The number of carbonyl (C=O) groups is 2. The average Bonchev–Trinajstić information content (AvgIpc) is 2.53. The Hall–Kier alpha value is -1.12. The Labute approximate surface area is 96.5 Å². The molecule has 1 heterocycles. The van der Waals surface area contributed by atoms with Crippen LogP contribution in [0.25, 0.3) is 0 Å². The van der Waals surface area contributed by atoms with E-state index in [0.29, 0.717) is 12.5 Å². The first-order chi connectivity index (χ1) is 7.77. The monoisotopic (exact) mass is 221 g/mol. The zero-order valence-corrected chi connectivity index (χ0v) is 9.65. The van der Waals surface area contributed by atoms with Crippen molar-refractivity contribution in [1.82, 2.24) is 4.90 Å².